The van der Waals surface area contributed by atoms with Crippen molar-refractivity contribution in [2.24, 2.45) is 0 Å². The zero-order valence-electron chi connectivity index (χ0n) is 15.7. The summed E-state index contributed by atoms with van der Waals surface area (Å²) in [6.45, 7) is 9.23. The van der Waals surface area contributed by atoms with Gasteiger partial charge in [-0.1, -0.05) is 43.6 Å². The van der Waals surface area contributed by atoms with E-state index >= 15 is 0 Å². The molecule has 0 bridgehead atoms. The number of hydrogen-bond acceptors (Lipinski definition) is 2. The van der Waals surface area contributed by atoms with E-state index in [1.54, 1.807) is 6.07 Å². The van der Waals surface area contributed by atoms with Crippen LogP contribution >= 0.6 is 11.6 Å². The van der Waals surface area contributed by atoms with Gasteiger partial charge in [-0.2, -0.15) is 0 Å². The standard InChI is InChI=1S/C22H24ClNO2/c1-13(2)18-11-19-16(10-22(25)26-21(19)9-14(18)3)12-24-15(4)17-7-5-6-8-20(17)23/h5-11,13,15,24H,12H2,1-4H3/p+1/t15-/m0/s1. The van der Waals surface area contributed by atoms with E-state index in [-0.39, 0.29) is 11.7 Å². The highest BCUT2D eigenvalue weighted by atomic mass is 35.5. The van der Waals surface area contributed by atoms with Crippen molar-refractivity contribution in [2.45, 2.75) is 46.2 Å². The fraction of sp³-hybridized carbons (Fsp3) is 0.318. The Labute approximate surface area is 159 Å². The van der Waals surface area contributed by atoms with Gasteiger partial charge in [0.15, 0.2) is 0 Å². The minimum absolute atomic E-state index is 0.195. The van der Waals surface area contributed by atoms with E-state index in [0.717, 1.165) is 27.1 Å². The molecule has 1 heterocycles. The molecule has 2 aromatic carbocycles. The first-order chi connectivity index (χ1) is 12.4. The van der Waals surface area contributed by atoms with Crippen molar-refractivity contribution < 1.29 is 9.73 Å². The highest BCUT2D eigenvalue weighted by Crippen LogP contribution is 2.27. The van der Waals surface area contributed by atoms with E-state index in [1.807, 2.05) is 30.3 Å². The van der Waals surface area contributed by atoms with E-state index in [0.29, 0.717) is 18.0 Å². The van der Waals surface area contributed by atoms with Crippen LogP contribution in [0.1, 0.15) is 55.0 Å². The lowest BCUT2D eigenvalue weighted by atomic mass is 9.95. The summed E-state index contributed by atoms with van der Waals surface area (Å²) in [5.41, 5.74) is 4.89. The van der Waals surface area contributed by atoms with Crippen LogP contribution in [0.5, 0.6) is 0 Å². The summed E-state index contributed by atoms with van der Waals surface area (Å²) in [5, 5.41) is 3.98. The molecule has 0 amide bonds. The molecule has 136 valence electrons. The van der Waals surface area contributed by atoms with Crippen molar-refractivity contribution in [3.8, 4) is 0 Å². The second kappa shape index (κ2) is 7.65. The predicted molar refractivity (Wildman–Crippen MR) is 107 cm³/mol. The Kier molecular flexibility index (Phi) is 5.49. The third-order valence-electron chi connectivity index (χ3n) is 4.93. The molecule has 0 aliphatic carbocycles. The van der Waals surface area contributed by atoms with Crippen molar-refractivity contribution in [3.05, 3.63) is 80.2 Å². The summed E-state index contributed by atoms with van der Waals surface area (Å²) in [6.07, 6.45) is 0. The third kappa shape index (κ3) is 3.84. The number of hydrogen-bond donors (Lipinski definition) is 1. The van der Waals surface area contributed by atoms with Gasteiger partial charge in [0.25, 0.3) is 0 Å². The monoisotopic (exact) mass is 370 g/mol. The molecule has 0 saturated carbocycles. The van der Waals surface area contributed by atoms with Crippen LogP contribution in [-0.2, 0) is 6.54 Å². The van der Waals surface area contributed by atoms with E-state index in [9.17, 15) is 4.79 Å². The first-order valence-corrected chi connectivity index (χ1v) is 9.39. The van der Waals surface area contributed by atoms with Crippen LogP contribution in [0, 0.1) is 6.92 Å². The molecular weight excluding hydrogens is 346 g/mol. The third-order valence-corrected chi connectivity index (χ3v) is 5.27. The Morgan fingerprint density at radius 2 is 1.81 bits per heavy atom. The second-order valence-electron chi connectivity index (χ2n) is 7.20. The van der Waals surface area contributed by atoms with Gasteiger partial charge in [0, 0.05) is 27.6 Å². The van der Waals surface area contributed by atoms with E-state index in [4.69, 9.17) is 16.0 Å². The summed E-state index contributed by atoms with van der Waals surface area (Å²) in [7, 11) is 0. The molecule has 0 aliphatic heterocycles. The summed E-state index contributed by atoms with van der Waals surface area (Å²) in [5.74, 6) is 0.421. The largest absolute Gasteiger partial charge is 0.423 e. The fourth-order valence-corrected chi connectivity index (χ4v) is 3.77. The van der Waals surface area contributed by atoms with E-state index < -0.39 is 0 Å². The van der Waals surface area contributed by atoms with Crippen LogP contribution in [0.2, 0.25) is 5.02 Å². The van der Waals surface area contributed by atoms with E-state index in [1.165, 1.54) is 5.56 Å². The molecule has 1 aromatic heterocycles. The molecule has 4 heteroatoms. The van der Waals surface area contributed by atoms with Crippen molar-refractivity contribution >= 4 is 22.6 Å². The average Bonchev–Trinajstić information content (AvgIpc) is 2.58. The molecule has 0 saturated heterocycles. The lowest BCUT2D eigenvalue weighted by molar-refractivity contribution is -0.707. The molecule has 0 spiro atoms. The first kappa shape index (κ1) is 18.7. The van der Waals surface area contributed by atoms with Crippen molar-refractivity contribution in [2.75, 3.05) is 0 Å². The van der Waals surface area contributed by atoms with Crippen LogP contribution in [0.3, 0.4) is 0 Å². The minimum Gasteiger partial charge on any atom is -0.423 e. The van der Waals surface area contributed by atoms with Gasteiger partial charge in [-0.3, -0.25) is 0 Å². The van der Waals surface area contributed by atoms with Gasteiger partial charge < -0.3 is 9.73 Å². The topological polar surface area (TPSA) is 46.8 Å². The predicted octanol–water partition coefficient (Wildman–Crippen LogP) is 4.70. The zero-order chi connectivity index (χ0) is 18.8. The quantitative estimate of drug-likeness (QED) is 0.661. The highest BCUT2D eigenvalue weighted by Gasteiger charge is 2.15. The number of benzene rings is 2. The summed E-state index contributed by atoms with van der Waals surface area (Å²) in [6, 6.07) is 13.8. The van der Waals surface area contributed by atoms with Crippen molar-refractivity contribution in [1.29, 1.82) is 0 Å². The molecule has 1 atom stereocenters. The van der Waals surface area contributed by atoms with Gasteiger partial charge in [0.1, 0.15) is 18.2 Å². The van der Waals surface area contributed by atoms with Gasteiger partial charge in [-0.15, -0.1) is 0 Å². The average molecular weight is 371 g/mol. The molecule has 0 unspecified atom stereocenters. The summed E-state index contributed by atoms with van der Waals surface area (Å²) in [4.78, 5) is 12.0. The Balaban J connectivity index is 1.95. The van der Waals surface area contributed by atoms with Crippen molar-refractivity contribution in [1.82, 2.24) is 0 Å². The number of halogens is 1. The summed E-state index contributed by atoms with van der Waals surface area (Å²) < 4.78 is 5.44. The fourth-order valence-electron chi connectivity index (χ4n) is 3.46. The first-order valence-electron chi connectivity index (χ1n) is 9.02. The van der Waals surface area contributed by atoms with Gasteiger partial charge in [-0.25, -0.2) is 4.79 Å². The maximum absolute atomic E-state index is 12.0. The lowest BCUT2D eigenvalue weighted by Crippen LogP contribution is -2.83. The molecule has 26 heavy (non-hydrogen) atoms. The Hall–Kier alpha value is -2.10. The minimum atomic E-state index is -0.303. The van der Waals surface area contributed by atoms with E-state index in [2.05, 4.69) is 39.1 Å². The molecule has 0 aliphatic rings. The van der Waals surface area contributed by atoms with Gasteiger partial charge in [0.05, 0.1) is 0 Å². The number of fused-ring (bicyclic) bond motifs is 1. The van der Waals surface area contributed by atoms with Gasteiger partial charge in [0.2, 0.25) is 0 Å². The number of quaternary nitrogens is 1. The van der Waals surface area contributed by atoms with Crippen LogP contribution in [0.25, 0.3) is 11.0 Å². The van der Waals surface area contributed by atoms with Crippen LogP contribution < -0.4 is 10.9 Å². The zero-order valence-corrected chi connectivity index (χ0v) is 16.4. The molecule has 0 fully saturated rings. The second-order valence-corrected chi connectivity index (χ2v) is 7.61. The maximum atomic E-state index is 12.0. The number of aryl methyl sites for hydroxylation is 1. The molecule has 3 rings (SSSR count). The Morgan fingerprint density at radius 1 is 1.08 bits per heavy atom. The molecule has 0 radical (unpaired) electrons. The van der Waals surface area contributed by atoms with Crippen LogP contribution in [0.15, 0.2) is 51.7 Å². The molecular formula is C22H25ClNO2+. The highest BCUT2D eigenvalue weighted by molar-refractivity contribution is 6.31. The Bertz CT molecular complexity index is 991. The van der Waals surface area contributed by atoms with Crippen LogP contribution in [0.4, 0.5) is 0 Å². The number of rotatable bonds is 5. The Morgan fingerprint density at radius 3 is 2.50 bits per heavy atom. The lowest BCUT2D eigenvalue weighted by Gasteiger charge is -2.15. The molecule has 3 nitrogen and oxygen atoms in total. The molecule has 2 N–H and O–H groups in total. The van der Waals surface area contributed by atoms with Crippen LogP contribution in [-0.4, -0.2) is 0 Å². The smallest absolute Gasteiger partial charge is 0.336 e. The van der Waals surface area contributed by atoms with Crippen molar-refractivity contribution in [3.63, 3.8) is 0 Å². The number of nitrogens with two attached hydrogens (primary N) is 1. The maximum Gasteiger partial charge on any atom is 0.336 e. The normalized spacial score (nSPS) is 12.7. The summed E-state index contributed by atoms with van der Waals surface area (Å²) >= 11 is 6.31. The SMILES string of the molecule is Cc1cc2oc(=O)cc(C[NH2+][C@@H](C)c3ccccc3Cl)c2cc1C(C)C. The molecule has 3 aromatic rings. The van der Waals surface area contributed by atoms with Gasteiger partial charge >= 0.3 is 5.63 Å². The van der Waals surface area contributed by atoms with Gasteiger partial charge in [-0.05, 0) is 49.1 Å².